The molecule has 2 aliphatic rings. The van der Waals surface area contributed by atoms with Crippen LogP contribution >= 0.6 is 11.3 Å². The second kappa shape index (κ2) is 6.02. The molecule has 1 aliphatic carbocycles. The average Bonchev–Trinajstić information content (AvgIpc) is 3.15. The lowest BCUT2D eigenvalue weighted by molar-refractivity contribution is 0.0304. The first-order chi connectivity index (χ1) is 10.1. The Morgan fingerprint density at radius 2 is 2.19 bits per heavy atom. The van der Waals surface area contributed by atoms with Gasteiger partial charge >= 0.3 is 0 Å². The lowest BCUT2D eigenvalue weighted by atomic mass is 10.1. The van der Waals surface area contributed by atoms with Gasteiger partial charge in [-0.3, -0.25) is 4.79 Å². The predicted molar refractivity (Wildman–Crippen MR) is 78.9 cm³/mol. The zero-order chi connectivity index (χ0) is 14.9. The minimum Gasteiger partial charge on any atom is -0.377 e. The van der Waals surface area contributed by atoms with E-state index >= 15 is 0 Å². The summed E-state index contributed by atoms with van der Waals surface area (Å²) in [6, 6.07) is 0. The molecule has 1 aliphatic heterocycles. The number of aromatic nitrogens is 1. The van der Waals surface area contributed by atoms with Crippen molar-refractivity contribution in [1.29, 1.82) is 0 Å². The van der Waals surface area contributed by atoms with Crippen LogP contribution in [-0.4, -0.2) is 37.8 Å². The lowest BCUT2D eigenvalue weighted by Crippen LogP contribution is -2.38. The van der Waals surface area contributed by atoms with Crippen molar-refractivity contribution in [3.05, 3.63) is 16.1 Å². The van der Waals surface area contributed by atoms with Gasteiger partial charge in [-0.15, -0.1) is 11.3 Å². The SMILES string of the molecule is O=C(NS(=O)(=O)CC1CCCCO1)c1scnc1C1CC1. The number of rotatable bonds is 5. The molecule has 1 aromatic rings. The maximum absolute atomic E-state index is 12.2. The lowest BCUT2D eigenvalue weighted by Gasteiger charge is -2.22. The van der Waals surface area contributed by atoms with Crippen LogP contribution < -0.4 is 4.72 Å². The van der Waals surface area contributed by atoms with Crippen LogP contribution in [0.1, 0.15) is 53.4 Å². The van der Waals surface area contributed by atoms with E-state index in [-0.39, 0.29) is 11.9 Å². The molecule has 0 radical (unpaired) electrons. The van der Waals surface area contributed by atoms with E-state index in [0.717, 1.165) is 37.8 Å². The third-order valence-electron chi connectivity index (χ3n) is 3.69. The quantitative estimate of drug-likeness (QED) is 0.887. The van der Waals surface area contributed by atoms with Crippen LogP contribution in [0.2, 0.25) is 0 Å². The fourth-order valence-electron chi connectivity index (χ4n) is 2.49. The topological polar surface area (TPSA) is 85.4 Å². The zero-order valence-corrected chi connectivity index (χ0v) is 13.2. The van der Waals surface area contributed by atoms with Gasteiger partial charge in [-0.1, -0.05) is 0 Å². The molecule has 1 amide bonds. The van der Waals surface area contributed by atoms with Crippen molar-refractivity contribution >= 4 is 27.3 Å². The standard InChI is InChI=1S/C13H18N2O4S2/c16-13(12-11(9-4-5-9)14-8-20-12)15-21(17,18)7-10-3-1-2-6-19-10/h8-10H,1-7H2,(H,15,16). The average molecular weight is 330 g/mol. The van der Waals surface area contributed by atoms with E-state index in [2.05, 4.69) is 9.71 Å². The van der Waals surface area contributed by atoms with E-state index in [1.807, 2.05) is 0 Å². The molecule has 116 valence electrons. The first-order valence-electron chi connectivity index (χ1n) is 7.15. The fourth-order valence-corrected chi connectivity index (χ4v) is 4.54. The molecule has 0 bridgehead atoms. The summed E-state index contributed by atoms with van der Waals surface area (Å²) < 4.78 is 31.7. The molecule has 1 saturated carbocycles. The second-order valence-corrected chi connectivity index (χ2v) is 8.16. The Balaban J connectivity index is 1.63. The smallest absolute Gasteiger partial charge is 0.276 e. The van der Waals surface area contributed by atoms with Crippen molar-refractivity contribution in [3.63, 3.8) is 0 Å². The number of carbonyl (C=O) groups is 1. The van der Waals surface area contributed by atoms with Crippen LogP contribution in [0.25, 0.3) is 0 Å². The molecule has 0 aromatic carbocycles. The van der Waals surface area contributed by atoms with Gasteiger partial charge in [0.1, 0.15) is 4.88 Å². The number of nitrogens with one attached hydrogen (secondary N) is 1. The number of sulfonamides is 1. The maximum atomic E-state index is 12.2. The van der Waals surface area contributed by atoms with Crippen molar-refractivity contribution in [2.45, 2.75) is 44.1 Å². The van der Waals surface area contributed by atoms with Crippen LogP contribution in [-0.2, 0) is 14.8 Å². The molecule has 2 heterocycles. The molecule has 21 heavy (non-hydrogen) atoms. The van der Waals surface area contributed by atoms with Gasteiger partial charge < -0.3 is 4.74 Å². The highest BCUT2D eigenvalue weighted by molar-refractivity contribution is 7.90. The molecular formula is C13H18N2O4S2. The van der Waals surface area contributed by atoms with E-state index in [1.54, 1.807) is 5.51 Å². The van der Waals surface area contributed by atoms with Crippen molar-refractivity contribution in [2.24, 2.45) is 0 Å². The summed E-state index contributed by atoms with van der Waals surface area (Å²) in [5.41, 5.74) is 2.33. The second-order valence-electron chi connectivity index (χ2n) is 5.54. The molecule has 0 spiro atoms. The van der Waals surface area contributed by atoms with Gasteiger partial charge in [0.05, 0.1) is 23.1 Å². The summed E-state index contributed by atoms with van der Waals surface area (Å²) in [4.78, 5) is 16.8. The Hall–Kier alpha value is -0.990. The normalized spacial score (nSPS) is 23.0. The van der Waals surface area contributed by atoms with Crippen LogP contribution in [0, 0.1) is 0 Å². The summed E-state index contributed by atoms with van der Waals surface area (Å²) in [6.07, 6.45) is 4.39. The minimum atomic E-state index is -3.67. The van der Waals surface area contributed by atoms with Gasteiger partial charge in [0, 0.05) is 12.5 Å². The van der Waals surface area contributed by atoms with E-state index in [4.69, 9.17) is 4.74 Å². The van der Waals surface area contributed by atoms with Crippen molar-refractivity contribution < 1.29 is 17.9 Å². The number of ether oxygens (including phenoxy) is 1. The van der Waals surface area contributed by atoms with Gasteiger partial charge in [0.2, 0.25) is 10.0 Å². The van der Waals surface area contributed by atoms with Crippen molar-refractivity contribution in [1.82, 2.24) is 9.71 Å². The number of nitrogens with zero attached hydrogens (tertiary/aromatic N) is 1. The molecule has 1 saturated heterocycles. The highest BCUT2D eigenvalue weighted by Gasteiger charge is 2.32. The van der Waals surface area contributed by atoms with Crippen molar-refractivity contribution in [3.8, 4) is 0 Å². The summed E-state index contributed by atoms with van der Waals surface area (Å²) >= 11 is 1.19. The van der Waals surface area contributed by atoms with Crippen LogP contribution in [0.5, 0.6) is 0 Å². The molecule has 6 nitrogen and oxygen atoms in total. The fraction of sp³-hybridized carbons (Fsp3) is 0.692. The monoisotopic (exact) mass is 330 g/mol. The van der Waals surface area contributed by atoms with Gasteiger partial charge in [0.25, 0.3) is 5.91 Å². The highest BCUT2D eigenvalue weighted by Crippen LogP contribution is 2.41. The van der Waals surface area contributed by atoms with E-state index in [1.165, 1.54) is 11.3 Å². The Kier molecular flexibility index (Phi) is 4.28. The molecule has 1 N–H and O–H groups in total. The summed E-state index contributed by atoms with van der Waals surface area (Å²) in [7, 11) is -3.67. The molecule has 1 unspecified atom stereocenters. The number of thiazole rings is 1. The number of carbonyl (C=O) groups excluding carboxylic acids is 1. The summed E-state index contributed by atoms with van der Waals surface area (Å²) in [5, 5.41) is 0. The van der Waals surface area contributed by atoms with Gasteiger partial charge in [-0.2, -0.15) is 0 Å². The van der Waals surface area contributed by atoms with Crippen LogP contribution in [0.3, 0.4) is 0 Å². The molecule has 1 aromatic heterocycles. The molecule has 2 fully saturated rings. The van der Waals surface area contributed by atoms with E-state index in [9.17, 15) is 13.2 Å². The number of amides is 1. The Bertz CT molecular complexity index is 616. The third kappa shape index (κ3) is 3.81. The first-order valence-corrected chi connectivity index (χ1v) is 9.68. The largest absolute Gasteiger partial charge is 0.377 e. The van der Waals surface area contributed by atoms with E-state index in [0.29, 0.717) is 17.4 Å². The summed E-state index contributed by atoms with van der Waals surface area (Å²) in [5.74, 6) is -0.396. The van der Waals surface area contributed by atoms with Crippen LogP contribution in [0.15, 0.2) is 5.51 Å². The third-order valence-corrected chi connectivity index (χ3v) is 5.84. The predicted octanol–water partition coefficient (Wildman–Crippen LogP) is 1.65. The van der Waals surface area contributed by atoms with Crippen molar-refractivity contribution in [2.75, 3.05) is 12.4 Å². The molecule has 3 rings (SSSR count). The first kappa shape index (κ1) is 14.9. The Labute approximate surface area is 128 Å². The number of hydrogen-bond donors (Lipinski definition) is 1. The minimum absolute atomic E-state index is 0.156. The number of hydrogen-bond acceptors (Lipinski definition) is 6. The van der Waals surface area contributed by atoms with Gasteiger partial charge in [-0.05, 0) is 32.1 Å². The van der Waals surface area contributed by atoms with Gasteiger partial charge in [0.15, 0.2) is 0 Å². The zero-order valence-electron chi connectivity index (χ0n) is 11.6. The molecule has 8 heteroatoms. The highest BCUT2D eigenvalue weighted by atomic mass is 32.2. The van der Waals surface area contributed by atoms with Gasteiger partial charge in [-0.25, -0.2) is 18.1 Å². The Morgan fingerprint density at radius 3 is 2.86 bits per heavy atom. The molecular weight excluding hydrogens is 312 g/mol. The van der Waals surface area contributed by atoms with E-state index < -0.39 is 15.9 Å². The maximum Gasteiger partial charge on any atom is 0.276 e. The Morgan fingerprint density at radius 1 is 1.38 bits per heavy atom. The van der Waals surface area contributed by atoms with Crippen LogP contribution in [0.4, 0.5) is 0 Å². The molecule has 1 atom stereocenters. The summed E-state index contributed by atoms with van der Waals surface area (Å²) in [6.45, 7) is 0.592.